The molecule has 0 saturated carbocycles. The summed E-state index contributed by atoms with van der Waals surface area (Å²) in [6.45, 7) is 0.694. The van der Waals surface area contributed by atoms with E-state index in [0.29, 0.717) is 17.3 Å². The predicted octanol–water partition coefficient (Wildman–Crippen LogP) is 3.72. The molecule has 0 aliphatic heterocycles. The van der Waals surface area contributed by atoms with Crippen LogP contribution in [0, 0.1) is 5.82 Å². The number of anilines is 2. The van der Waals surface area contributed by atoms with Crippen LogP contribution in [0.2, 0.25) is 5.02 Å². The van der Waals surface area contributed by atoms with E-state index in [0.717, 1.165) is 17.7 Å². The largest absolute Gasteiger partial charge is 0.397 e. The van der Waals surface area contributed by atoms with Crippen molar-refractivity contribution < 1.29 is 4.39 Å². The zero-order chi connectivity index (χ0) is 13.0. The summed E-state index contributed by atoms with van der Waals surface area (Å²) in [6.07, 6.45) is 0.783. The van der Waals surface area contributed by atoms with Crippen LogP contribution in [0.3, 0.4) is 0 Å². The summed E-state index contributed by atoms with van der Waals surface area (Å²) >= 11 is 6.04. The van der Waals surface area contributed by atoms with Gasteiger partial charge in [0.05, 0.1) is 16.4 Å². The van der Waals surface area contributed by atoms with E-state index in [1.54, 1.807) is 24.3 Å². The van der Waals surface area contributed by atoms with Crippen LogP contribution in [-0.2, 0) is 6.42 Å². The van der Waals surface area contributed by atoms with Gasteiger partial charge in [-0.15, -0.1) is 0 Å². The Morgan fingerprint density at radius 1 is 1.11 bits per heavy atom. The second kappa shape index (κ2) is 5.74. The highest BCUT2D eigenvalue weighted by atomic mass is 35.5. The SMILES string of the molecule is Nc1cccc(Cl)c1NCCc1ccc(F)cc1. The number of rotatable bonds is 4. The molecule has 0 radical (unpaired) electrons. The lowest BCUT2D eigenvalue weighted by atomic mass is 10.1. The van der Waals surface area contributed by atoms with Crippen molar-refractivity contribution in [2.45, 2.75) is 6.42 Å². The summed E-state index contributed by atoms with van der Waals surface area (Å²) < 4.78 is 12.7. The molecule has 94 valence electrons. The van der Waals surface area contributed by atoms with Crippen molar-refractivity contribution in [1.82, 2.24) is 0 Å². The highest BCUT2D eigenvalue weighted by molar-refractivity contribution is 6.33. The lowest BCUT2D eigenvalue weighted by Crippen LogP contribution is -2.07. The Labute approximate surface area is 111 Å². The fourth-order valence-electron chi connectivity index (χ4n) is 1.71. The van der Waals surface area contributed by atoms with Crippen molar-refractivity contribution in [1.29, 1.82) is 0 Å². The van der Waals surface area contributed by atoms with Crippen molar-refractivity contribution in [3.8, 4) is 0 Å². The van der Waals surface area contributed by atoms with Crippen molar-refractivity contribution in [2.24, 2.45) is 0 Å². The number of nitrogens with two attached hydrogens (primary N) is 1. The van der Waals surface area contributed by atoms with E-state index < -0.39 is 0 Å². The maximum atomic E-state index is 12.7. The fourth-order valence-corrected chi connectivity index (χ4v) is 1.96. The van der Waals surface area contributed by atoms with Crippen LogP contribution in [0.4, 0.5) is 15.8 Å². The lowest BCUT2D eigenvalue weighted by Gasteiger charge is -2.11. The summed E-state index contributed by atoms with van der Waals surface area (Å²) in [7, 11) is 0. The Bertz CT molecular complexity index is 506. The van der Waals surface area contributed by atoms with Gasteiger partial charge in [-0.3, -0.25) is 0 Å². The van der Waals surface area contributed by atoms with Crippen molar-refractivity contribution in [2.75, 3.05) is 17.6 Å². The van der Waals surface area contributed by atoms with Crippen LogP contribution < -0.4 is 11.1 Å². The van der Waals surface area contributed by atoms with Gasteiger partial charge >= 0.3 is 0 Å². The molecule has 0 unspecified atom stereocenters. The van der Waals surface area contributed by atoms with Gasteiger partial charge in [-0.25, -0.2) is 4.39 Å². The van der Waals surface area contributed by atoms with Crippen molar-refractivity contribution in [3.63, 3.8) is 0 Å². The molecule has 0 bridgehead atoms. The van der Waals surface area contributed by atoms with E-state index in [1.165, 1.54) is 12.1 Å². The van der Waals surface area contributed by atoms with Gasteiger partial charge in [0.25, 0.3) is 0 Å². The summed E-state index contributed by atoms with van der Waals surface area (Å²) in [6, 6.07) is 11.9. The van der Waals surface area contributed by atoms with Crippen LogP contribution in [-0.4, -0.2) is 6.54 Å². The molecule has 0 aliphatic carbocycles. The van der Waals surface area contributed by atoms with E-state index in [-0.39, 0.29) is 5.82 Å². The monoisotopic (exact) mass is 264 g/mol. The Kier molecular flexibility index (Phi) is 4.05. The number of nitrogens with one attached hydrogen (secondary N) is 1. The Morgan fingerprint density at radius 3 is 2.50 bits per heavy atom. The highest BCUT2D eigenvalue weighted by Gasteiger charge is 2.03. The number of hydrogen-bond donors (Lipinski definition) is 2. The number of halogens is 2. The molecule has 0 heterocycles. The second-order valence-electron chi connectivity index (χ2n) is 4.01. The molecule has 3 N–H and O–H groups in total. The first kappa shape index (κ1) is 12.7. The van der Waals surface area contributed by atoms with Gasteiger partial charge in [0.2, 0.25) is 0 Å². The molecule has 0 amide bonds. The highest BCUT2D eigenvalue weighted by Crippen LogP contribution is 2.27. The van der Waals surface area contributed by atoms with Gasteiger partial charge in [0, 0.05) is 6.54 Å². The minimum absolute atomic E-state index is 0.220. The average Bonchev–Trinajstić information content (AvgIpc) is 2.35. The van der Waals surface area contributed by atoms with Crippen LogP contribution in [0.1, 0.15) is 5.56 Å². The van der Waals surface area contributed by atoms with Crippen LogP contribution in [0.15, 0.2) is 42.5 Å². The standard InChI is InChI=1S/C14H14ClFN2/c15-12-2-1-3-13(17)14(12)18-9-8-10-4-6-11(16)7-5-10/h1-7,18H,8-9,17H2. The van der Waals surface area contributed by atoms with Crippen molar-refractivity contribution >= 4 is 23.0 Å². The fraction of sp³-hybridized carbons (Fsp3) is 0.143. The Hall–Kier alpha value is -1.74. The van der Waals surface area contributed by atoms with Gasteiger partial charge in [-0.2, -0.15) is 0 Å². The predicted molar refractivity (Wildman–Crippen MR) is 74.5 cm³/mol. The summed E-state index contributed by atoms with van der Waals surface area (Å²) in [5, 5.41) is 3.80. The summed E-state index contributed by atoms with van der Waals surface area (Å²) in [4.78, 5) is 0. The number of para-hydroxylation sites is 1. The Balaban J connectivity index is 1.94. The molecule has 2 rings (SSSR count). The third-order valence-electron chi connectivity index (χ3n) is 2.67. The zero-order valence-corrected chi connectivity index (χ0v) is 10.5. The van der Waals surface area contributed by atoms with Crippen LogP contribution in [0.25, 0.3) is 0 Å². The third kappa shape index (κ3) is 3.14. The quantitative estimate of drug-likeness (QED) is 0.826. The second-order valence-corrected chi connectivity index (χ2v) is 4.41. The van der Waals surface area contributed by atoms with E-state index in [4.69, 9.17) is 17.3 Å². The molecule has 0 atom stereocenters. The molecule has 2 aromatic rings. The molecule has 0 saturated heterocycles. The van der Waals surface area contributed by atoms with E-state index in [9.17, 15) is 4.39 Å². The molecule has 0 aliphatic rings. The number of nitrogen functional groups attached to an aromatic ring is 1. The van der Waals surface area contributed by atoms with Gasteiger partial charge in [0.1, 0.15) is 5.82 Å². The number of hydrogen-bond acceptors (Lipinski definition) is 2. The van der Waals surface area contributed by atoms with Gasteiger partial charge in [-0.1, -0.05) is 29.8 Å². The van der Waals surface area contributed by atoms with Crippen molar-refractivity contribution in [3.05, 3.63) is 58.9 Å². The maximum absolute atomic E-state index is 12.7. The molecular formula is C14H14ClFN2. The minimum Gasteiger partial charge on any atom is -0.397 e. The molecule has 0 fully saturated rings. The first-order valence-electron chi connectivity index (χ1n) is 5.69. The van der Waals surface area contributed by atoms with E-state index in [2.05, 4.69) is 5.32 Å². The minimum atomic E-state index is -0.220. The summed E-state index contributed by atoms with van der Waals surface area (Å²) in [5.41, 5.74) is 8.27. The molecule has 4 heteroatoms. The molecule has 2 nitrogen and oxygen atoms in total. The van der Waals surface area contributed by atoms with E-state index in [1.807, 2.05) is 6.07 Å². The maximum Gasteiger partial charge on any atom is 0.123 e. The first-order chi connectivity index (χ1) is 8.66. The van der Waals surface area contributed by atoms with Gasteiger partial charge < -0.3 is 11.1 Å². The van der Waals surface area contributed by atoms with Crippen LogP contribution in [0.5, 0.6) is 0 Å². The smallest absolute Gasteiger partial charge is 0.123 e. The van der Waals surface area contributed by atoms with Gasteiger partial charge in [-0.05, 0) is 36.2 Å². The zero-order valence-electron chi connectivity index (χ0n) is 9.79. The molecule has 0 spiro atoms. The van der Waals surface area contributed by atoms with Crippen LogP contribution >= 0.6 is 11.6 Å². The normalized spacial score (nSPS) is 10.3. The first-order valence-corrected chi connectivity index (χ1v) is 6.07. The third-order valence-corrected chi connectivity index (χ3v) is 2.99. The topological polar surface area (TPSA) is 38.0 Å². The van der Waals surface area contributed by atoms with E-state index >= 15 is 0 Å². The lowest BCUT2D eigenvalue weighted by molar-refractivity contribution is 0.627. The molecule has 0 aromatic heterocycles. The number of benzene rings is 2. The average molecular weight is 265 g/mol. The summed E-state index contributed by atoms with van der Waals surface area (Å²) in [5.74, 6) is -0.220. The molecule has 2 aromatic carbocycles. The molecule has 18 heavy (non-hydrogen) atoms. The molecular weight excluding hydrogens is 251 g/mol. The van der Waals surface area contributed by atoms with Gasteiger partial charge in [0.15, 0.2) is 0 Å². The Morgan fingerprint density at radius 2 is 1.83 bits per heavy atom.